The summed E-state index contributed by atoms with van der Waals surface area (Å²) < 4.78 is 24.4. The van der Waals surface area contributed by atoms with Crippen LogP contribution < -0.4 is 5.32 Å². The summed E-state index contributed by atoms with van der Waals surface area (Å²) in [5, 5.41) is 5.92. The summed E-state index contributed by atoms with van der Waals surface area (Å²) >= 11 is 7.80. The number of amidine groups is 1. The number of fused-ring (bicyclic) bond motifs is 1. The number of aliphatic imine (C=N–C) groups is 1. The van der Waals surface area contributed by atoms with Gasteiger partial charge < -0.3 is 19.7 Å². The van der Waals surface area contributed by atoms with E-state index < -0.39 is 17.8 Å². The standard InChI is InChI=1S/C23H23ClFN5O4S/c1-33-23(32)19-17(10-29-5-6-30-14(9-29)11-34-12-18(30)31)27-21(22-26-4-7-35-22)28-20(19)15-3-2-13(25)8-16(15)24/h2-4,7-8,14,20H,5-6,9-12H2,1H3,(H,27,28). The molecule has 9 nitrogen and oxygen atoms in total. The van der Waals surface area contributed by atoms with Crippen molar-refractivity contribution in [3.63, 3.8) is 0 Å². The van der Waals surface area contributed by atoms with E-state index in [1.54, 1.807) is 6.20 Å². The van der Waals surface area contributed by atoms with Crippen LogP contribution in [0.2, 0.25) is 5.02 Å². The summed E-state index contributed by atoms with van der Waals surface area (Å²) in [5.41, 5.74) is 1.37. The minimum atomic E-state index is -0.813. The minimum Gasteiger partial charge on any atom is -0.466 e. The van der Waals surface area contributed by atoms with E-state index in [1.165, 1.54) is 36.6 Å². The molecule has 4 heterocycles. The van der Waals surface area contributed by atoms with Crippen molar-refractivity contribution >= 4 is 40.6 Å². The number of nitrogens with zero attached hydrogens (tertiary/aromatic N) is 4. The number of morpholine rings is 1. The Morgan fingerprint density at radius 1 is 1.40 bits per heavy atom. The van der Waals surface area contributed by atoms with Crippen LogP contribution >= 0.6 is 22.9 Å². The molecule has 3 aliphatic heterocycles. The molecule has 1 N–H and O–H groups in total. The lowest BCUT2D eigenvalue weighted by molar-refractivity contribution is -0.152. The van der Waals surface area contributed by atoms with Crippen LogP contribution in [0.15, 0.2) is 46.0 Å². The van der Waals surface area contributed by atoms with Crippen molar-refractivity contribution in [2.75, 3.05) is 46.5 Å². The van der Waals surface area contributed by atoms with Crippen molar-refractivity contribution in [1.29, 1.82) is 0 Å². The highest BCUT2D eigenvalue weighted by Gasteiger charge is 2.37. The van der Waals surface area contributed by atoms with E-state index >= 15 is 0 Å². The number of hydrogen-bond acceptors (Lipinski definition) is 9. The van der Waals surface area contributed by atoms with Gasteiger partial charge in [0.1, 0.15) is 18.5 Å². The summed E-state index contributed by atoms with van der Waals surface area (Å²) in [7, 11) is 1.31. The molecule has 1 aromatic carbocycles. The third-order valence-corrected chi connectivity index (χ3v) is 7.34. The van der Waals surface area contributed by atoms with Gasteiger partial charge in [0.25, 0.3) is 0 Å². The van der Waals surface area contributed by atoms with Gasteiger partial charge in [-0.2, -0.15) is 0 Å². The van der Waals surface area contributed by atoms with Crippen LogP contribution in [0.4, 0.5) is 4.39 Å². The van der Waals surface area contributed by atoms with Gasteiger partial charge in [0.2, 0.25) is 5.91 Å². The number of piperazine rings is 1. The van der Waals surface area contributed by atoms with Crippen molar-refractivity contribution < 1.29 is 23.5 Å². The molecule has 0 radical (unpaired) electrons. The van der Waals surface area contributed by atoms with Crippen LogP contribution in [-0.4, -0.2) is 85.0 Å². The van der Waals surface area contributed by atoms with E-state index in [-0.39, 0.29) is 23.6 Å². The Bertz CT molecular complexity index is 1200. The second-order valence-electron chi connectivity index (χ2n) is 8.38. The summed E-state index contributed by atoms with van der Waals surface area (Å²) in [6.45, 7) is 2.77. The van der Waals surface area contributed by atoms with E-state index in [4.69, 9.17) is 26.1 Å². The predicted octanol–water partition coefficient (Wildman–Crippen LogP) is 2.00. The smallest absolute Gasteiger partial charge is 0.338 e. The Morgan fingerprint density at radius 3 is 3.00 bits per heavy atom. The average Bonchev–Trinajstić information content (AvgIpc) is 3.38. The molecule has 0 bridgehead atoms. The van der Waals surface area contributed by atoms with E-state index in [2.05, 4.69) is 15.2 Å². The molecular formula is C23H23ClFN5O4S. The second-order valence-corrected chi connectivity index (χ2v) is 9.69. The van der Waals surface area contributed by atoms with Gasteiger partial charge >= 0.3 is 5.97 Å². The molecule has 0 saturated carbocycles. The number of ether oxygens (including phenoxy) is 2. The van der Waals surface area contributed by atoms with Crippen molar-refractivity contribution in [1.82, 2.24) is 20.1 Å². The number of hydrogen-bond donors (Lipinski definition) is 1. The highest BCUT2D eigenvalue weighted by atomic mass is 35.5. The Kier molecular flexibility index (Phi) is 6.83. The number of benzene rings is 1. The lowest BCUT2D eigenvalue weighted by Crippen LogP contribution is -2.60. The van der Waals surface area contributed by atoms with Crippen LogP contribution in [0, 0.1) is 5.82 Å². The summed E-state index contributed by atoms with van der Waals surface area (Å²) in [4.78, 5) is 38.3. The molecule has 1 amide bonds. The van der Waals surface area contributed by atoms with Gasteiger partial charge in [-0.05, 0) is 12.1 Å². The number of thiazole rings is 1. The number of rotatable bonds is 5. The van der Waals surface area contributed by atoms with Crippen LogP contribution in [-0.2, 0) is 19.1 Å². The number of halogens is 2. The molecule has 0 aliphatic carbocycles. The number of aromatic nitrogens is 1. The zero-order chi connectivity index (χ0) is 24.5. The van der Waals surface area contributed by atoms with E-state index in [9.17, 15) is 14.0 Å². The molecular weight excluding hydrogens is 497 g/mol. The van der Waals surface area contributed by atoms with Gasteiger partial charge in [0, 0.05) is 54.0 Å². The number of amides is 1. The summed E-state index contributed by atoms with van der Waals surface area (Å²) in [6, 6.07) is 3.15. The van der Waals surface area contributed by atoms with E-state index in [0.717, 1.165) is 0 Å². The van der Waals surface area contributed by atoms with Gasteiger partial charge in [-0.15, -0.1) is 11.3 Å². The van der Waals surface area contributed by atoms with Crippen LogP contribution in [0.1, 0.15) is 16.6 Å². The SMILES string of the molecule is COC(=O)C1=C(CN2CCN3C(=O)COCC3C2)NC(c2nccs2)=NC1c1ccc(F)cc1Cl. The first-order valence-electron chi connectivity index (χ1n) is 11.0. The molecule has 0 spiro atoms. The van der Waals surface area contributed by atoms with Gasteiger partial charge in [0.15, 0.2) is 10.8 Å². The fourth-order valence-electron chi connectivity index (χ4n) is 4.59. The van der Waals surface area contributed by atoms with Gasteiger partial charge in [-0.3, -0.25) is 14.7 Å². The Balaban J connectivity index is 1.52. The van der Waals surface area contributed by atoms with E-state index in [1.807, 2.05) is 10.3 Å². The topological polar surface area (TPSA) is 96.4 Å². The average molecular weight is 520 g/mol. The van der Waals surface area contributed by atoms with Gasteiger partial charge in [0.05, 0.1) is 25.3 Å². The quantitative estimate of drug-likeness (QED) is 0.603. The molecule has 184 valence electrons. The lowest BCUT2D eigenvalue weighted by Gasteiger charge is -2.44. The maximum Gasteiger partial charge on any atom is 0.338 e. The fraction of sp³-hybridized carbons (Fsp3) is 0.391. The van der Waals surface area contributed by atoms with Crippen molar-refractivity contribution in [3.8, 4) is 0 Å². The van der Waals surface area contributed by atoms with Crippen LogP contribution in [0.25, 0.3) is 0 Å². The molecule has 2 aromatic rings. The predicted molar refractivity (Wildman–Crippen MR) is 128 cm³/mol. The third-order valence-electron chi connectivity index (χ3n) is 6.23. The Labute approximate surface area is 210 Å². The highest BCUT2D eigenvalue weighted by molar-refractivity contribution is 7.11. The Hall–Kier alpha value is -2.86. The first-order chi connectivity index (χ1) is 16.9. The molecule has 5 rings (SSSR count). The maximum atomic E-state index is 13.8. The zero-order valence-corrected chi connectivity index (χ0v) is 20.4. The van der Waals surface area contributed by atoms with E-state index in [0.29, 0.717) is 60.5 Å². The third kappa shape index (κ3) is 4.81. The fourth-order valence-corrected chi connectivity index (χ4v) is 5.45. The minimum absolute atomic E-state index is 0.00429. The molecule has 2 atom stereocenters. The summed E-state index contributed by atoms with van der Waals surface area (Å²) in [6.07, 6.45) is 1.67. The van der Waals surface area contributed by atoms with Crippen LogP contribution in [0.5, 0.6) is 0 Å². The van der Waals surface area contributed by atoms with Crippen molar-refractivity contribution in [2.45, 2.75) is 12.1 Å². The number of carbonyl (C=O) groups is 2. The highest BCUT2D eigenvalue weighted by Crippen LogP contribution is 2.37. The Morgan fingerprint density at radius 2 is 2.26 bits per heavy atom. The monoisotopic (exact) mass is 519 g/mol. The number of methoxy groups -OCH3 is 1. The number of carbonyl (C=O) groups excluding carboxylic acids is 2. The molecule has 2 saturated heterocycles. The molecule has 2 unspecified atom stereocenters. The molecule has 1 aromatic heterocycles. The molecule has 2 fully saturated rings. The molecule has 12 heteroatoms. The molecule has 3 aliphatic rings. The number of esters is 1. The largest absolute Gasteiger partial charge is 0.466 e. The lowest BCUT2D eigenvalue weighted by atomic mass is 9.95. The molecule has 35 heavy (non-hydrogen) atoms. The first-order valence-corrected chi connectivity index (χ1v) is 12.3. The normalized spacial score (nSPS) is 23.0. The zero-order valence-electron chi connectivity index (χ0n) is 18.9. The summed E-state index contributed by atoms with van der Waals surface area (Å²) in [5.74, 6) is -0.560. The first kappa shape index (κ1) is 23.9. The van der Waals surface area contributed by atoms with Crippen molar-refractivity contribution in [2.24, 2.45) is 4.99 Å². The maximum absolute atomic E-state index is 13.8. The van der Waals surface area contributed by atoms with Gasteiger partial charge in [-0.25, -0.2) is 14.2 Å². The van der Waals surface area contributed by atoms with Crippen molar-refractivity contribution in [3.05, 3.63) is 62.5 Å². The van der Waals surface area contributed by atoms with Gasteiger partial charge in [-0.1, -0.05) is 17.7 Å². The van der Waals surface area contributed by atoms with Crippen LogP contribution in [0.3, 0.4) is 0 Å². The second kappa shape index (κ2) is 10.0. The number of nitrogens with one attached hydrogen (secondary N) is 1.